The molecule has 2 atom stereocenters. The Morgan fingerprint density at radius 3 is 2.40 bits per heavy atom. The molecule has 1 aromatic carbocycles. The lowest BCUT2D eigenvalue weighted by molar-refractivity contribution is 0.200. The molecule has 2 aliphatic rings. The molecule has 0 radical (unpaired) electrons. The van der Waals surface area contributed by atoms with E-state index in [1.165, 1.54) is 50.5 Å². The summed E-state index contributed by atoms with van der Waals surface area (Å²) in [5.41, 5.74) is 1.43. The SMILES string of the molecule is COc1ccc(C2CCCC2C)cc1OC1CCCC1. The molecule has 0 spiro atoms. The molecule has 2 heteroatoms. The van der Waals surface area contributed by atoms with Gasteiger partial charge in [-0.05, 0) is 61.6 Å². The highest BCUT2D eigenvalue weighted by molar-refractivity contribution is 5.44. The second-order valence-electron chi connectivity index (χ2n) is 6.45. The minimum absolute atomic E-state index is 0.389. The van der Waals surface area contributed by atoms with Crippen molar-refractivity contribution < 1.29 is 9.47 Å². The van der Waals surface area contributed by atoms with Crippen molar-refractivity contribution in [2.75, 3.05) is 7.11 Å². The predicted octanol–water partition coefficient (Wildman–Crippen LogP) is 4.92. The van der Waals surface area contributed by atoms with Crippen molar-refractivity contribution in [3.05, 3.63) is 23.8 Å². The van der Waals surface area contributed by atoms with Gasteiger partial charge in [0.05, 0.1) is 13.2 Å². The largest absolute Gasteiger partial charge is 0.493 e. The fourth-order valence-electron chi connectivity index (χ4n) is 3.84. The molecule has 0 heterocycles. The van der Waals surface area contributed by atoms with Gasteiger partial charge in [0, 0.05) is 0 Å². The Labute approximate surface area is 122 Å². The number of ether oxygens (including phenoxy) is 2. The highest BCUT2D eigenvalue weighted by atomic mass is 16.5. The second-order valence-corrected chi connectivity index (χ2v) is 6.45. The van der Waals surface area contributed by atoms with Crippen LogP contribution in [0.3, 0.4) is 0 Å². The van der Waals surface area contributed by atoms with Crippen LogP contribution >= 0.6 is 0 Å². The maximum Gasteiger partial charge on any atom is 0.161 e. The van der Waals surface area contributed by atoms with Crippen molar-refractivity contribution in [3.8, 4) is 11.5 Å². The Hall–Kier alpha value is -1.18. The first kappa shape index (κ1) is 13.8. The van der Waals surface area contributed by atoms with Crippen LogP contribution in [0, 0.1) is 5.92 Å². The van der Waals surface area contributed by atoms with Gasteiger partial charge < -0.3 is 9.47 Å². The summed E-state index contributed by atoms with van der Waals surface area (Å²) in [5.74, 6) is 3.33. The normalized spacial score (nSPS) is 26.9. The number of benzene rings is 1. The van der Waals surface area contributed by atoms with Crippen LogP contribution in [0.1, 0.15) is 63.4 Å². The molecule has 110 valence electrons. The summed E-state index contributed by atoms with van der Waals surface area (Å²) in [5, 5.41) is 0. The lowest BCUT2D eigenvalue weighted by Gasteiger charge is -2.20. The minimum atomic E-state index is 0.389. The molecule has 3 rings (SSSR count). The van der Waals surface area contributed by atoms with E-state index in [-0.39, 0.29) is 0 Å². The molecule has 0 aliphatic heterocycles. The molecular weight excluding hydrogens is 248 g/mol. The molecular formula is C18H26O2. The van der Waals surface area contributed by atoms with Crippen LogP contribution in [0.5, 0.6) is 11.5 Å². The van der Waals surface area contributed by atoms with E-state index in [0.29, 0.717) is 12.0 Å². The maximum atomic E-state index is 6.21. The van der Waals surface area contributed by atoms with Gasteiger partial charge in [0.25, 0.3) is 0 Å². The molecule has 0 N–H and O–H groups in total. The van der Waals surface area contributed by atoms with Gasteiger partial charge in [-0.2, -0.15) is 0 Å². The van der Waals surface area contributed by atoms with Crippen LogP contribution in [0.4, 0.5) is 0 Å². The van der Waals surface area contributed by atoms with E-state index >= 15 is 0 Å². The van der Waals surface area contributed by atoms with E-state index in [9.17, 15) is 0 Å². The number of methoxy groups -OCH3 is 1. The summed E-state index contributed by atoms with van der Waals surface area (Å²) in [6.07, 6.45) is 9.39. The van der Waals surface area contributed by atoms with Crippen molar-refractivity contribution in [2.45, 2.75) is 63.9 Å². The zero-order chi connectivity index (χ0) is 13.9. The average Bonchev–Trinajstić information content (AvgIpc) is 3.10. The summed E-state index contributed by atoms with van der Waals surface area (Å²) in [6, 6.07) is 6.56. The van der Waals surface area contributed by atoms with Gasteiger partial charge in [-0.1, -0.05) is 25.8 Å². The molecule has 2 unspecified atom stereocenters. The summed E-state index contributed by atoms with van der Waals surface area (Å²) in [7, 11) is 1.73. The van der Waals surface area contributed by atoms with Crippen molar-refractivity contribution in [1.82, 2.24) is 0 Å². The van der Waals surface area contributed by atoms with Crippen LogP contribution in [0.2, 0.25) is 0 Å². The zero-order valence-corrected chi connectivity index (χ0v) is 12.7. The van der Waals surface area contributed by atoms with Crippen LogP contribution in [0.15, 0.2) is 18.2 Å². The van der Waals surface area contributed by atoms with E-state index in [2.05, 4.69) is 25.1 Å². The van der Waals surface area contributed by atoms with Gasteiger partial charge in [0.1, 0.15) is 0 Å². The average molecular weight is 274 g/mol. The van der Waals surface area contributed by atoms with Crippen LogP contribution in [-0.4, -0.2) is 13.2 Å². The van der Waals surface area contributed by atoms with Crippen molar-refractivity contribution in [1.29, 1.82) is 0 Å². The van der Waals surface area contributed by atoms with Crippen LogP contribution < -0.4 is 9.47 Å². The molecule has 0 bridgehead atoms. The molecule has 0 saturated heterocycles. The van der Waals surface area contributed by atoms with Gasteiger partial charge in [-0.25, -0.2) is 0 Å². The third-order valence-corrected chi connectivity index (χ3v) is 5.07. The molecule has 1 aromatic rings. The third-order valence-electron chi connectivity index (χ3n) is 5.07. The smallest absolute Gasteiger partial charge is 0.161 e. The lowest BCUT2D eigenvalue weighted by atomic mass is 9.90. The molecule has 0 aromatic heterocycles. The van der Waals surface area contributed by atoms with Crippen molar-refractivity contribution in [2.24, 2.45) is 5.92 Å². The summed E-state index contributed by atoms with van der Waals surface area (Å²) in [6.45, 7) is 2.37. The first-order chi connectivity index (χ1) is 9.78. The van der Waals surface area contributed by atoms with Gasteiger partial charge in [-0.15, -0.1) is 0 Å². The topological polar surface area (TPSA) is 18.5 Å². The Morgan fingerprint density at radius 2 is 1.75 bits per heavy atom. The van der Waals surface area contributed by atoms with E-state index in [1.54, 1.807) is 7.11 Å². The van der Waals surface area contributed by atoms with Crippen molar-refractivity contribution >= 4 is 0 Å². The van der Waals surface area contributed by atoms with Crippen LogP contribution in [-0.2, 0) is 0 Å². The first-order valence-electron chi connectivity index (χ1n) is 8.12. The van der Waals surface area contributed by atoms with E-state index in [0.717, 1.165) is 17.4 Å². The minimum Gasteiger partial charge on any atom is -0.493 e. The molecule has 20 heavy (non-hydrogen) atoms. The fraction of sp³-hybridized carbons (Fsp3) is 0.667. The van der Waals surface area contributed by atoms with Crippen LogP contribution in [0.25, 0.3) is 0 Å². The summed E-state index contributed by atoms with van der Waals surface area (Å²) in [4.78, 5) is 0. The number of rotatable bonds is 4. The third kappa shape index (κ3) is 2.79. The Balaban J connectivity index is 1.82. The first-order valence-corrected chi connectivity index (χ1v) is 8.12. The van der Waals surface area contributed by atoms with Crippen molar-refractivity contribution in [3.63, 3.8) is 0 Å². The Morgan fingerprint density at radius 1 is 0.950 bits per heavy atom. The molecule has 2 aliphatic carbocycles. The predicted molar refractivity (Wildman–Crippen MR) is 81.6 cm³/mol. The Kier molecular flexibility index (Phi) is 4.18. The highest BCUT2D eigenvalue weighted by Gasteiger charge is 2.26. The van der Waals surface area contributed by atoms with E-state index in [1.807, 2.05) is 0 Å². The highest BCUT2D eigenvalue weighted by Crippen LogP contribution is 2.42. The number of hydrogen-bond acceptors (Lipinski definition) is 2. The maximum absolute atomic E-state index is 6.21. The zero-order valence-electron chi connectivity index (χ0n) is 12.7. The quantitative estimate of drug-likeness (QED) is 0.776. The van der Waals surface area contributed by atoms with Gasteiger partial charge in [-0.3, -0.25) is 0 Å². The van der Waals surface area contributed by atoms with E-state index in [4.69, 9.17) is 9.47 Å². The van der Waals surface area contributed by atoms with Gasteiger partial charge in [0.15, 0.2) is 11.5 Å². The summed E-state index contributed by atoms with van der Waals surface area (Å²) < 4.78 is 11.7. The monoisotopic (exact) mass is 274 g/mol. The second kappa shape index (κ2) is 6.07. The molecule has 0 amide bonds. The molecule has 2 saturated carbocycles. The molecule has 2 fully saturated rings. The molecule has 2 nitrogen and oxygen atoms in total. The number of hydrogen-bond donors (Lipinski definition) is 0. The summed E-state index contributed by atoms with van der Waals surface area (Å²) >= 11 is 0. The standard InChI is InChI=1S/C18H26O2/c1-13-6-5-9-16(13)14-10-11-17(19-2)18(12-14)20-15-7-3-4-8-15/h10-13,15-16H,3-9H2,1-2H3. The van der Waals surface area contributed by atoms with Gasteiger partial charge in [0.2, 0.25) is 0 Å². The lowest BCUT2D eigenvalue weighted by Crippen LogP contribution is -2.12. The van der Waals surface area contributed by atoms with Gasteiger partial charge >= 0.3 is 0 Å². The fourth-order valence-corrected chi connectivity index (χ4v) is 3.84. The Bertz CT molecular complexity index is 449. The van der Waals surface area contributed by atoms with E-state index < -0.39 is 0 Å².